The third-order valence-corrected chi connectivity index (χ3v) is 6.48. The summed E-state index contributed by atoms with van der Waals surface area (Å²) in [6, 6.07) is 12.7. The first-order chi connectivity index (χ1) is 14.7. The molecule has 0 spiro atoms. The summed E-state index contributed by atoms with van der Waals surface area (Å²) in [7, 11) is 1.74. The van der Waals surface area contributed by atoms with Crippen LogP contribution in [0, 0.1) is 5.92 Å². The number of para-hydroxylation sites is 2. The average molecular weight is 427 g/mol. The molecule has 1 atom stereocenters. The van der Waals surface area contributed by atoms with Crippen LogP contribution in [-0.2, 0) is 6.54 Å². The van der Waals surface area contributed by atoms with Crippen LogP contribution in [-0.4, -0.2) is 58.4 Å². The lowest BCUT2D eigenvalue weighted by atomic mass is 10.0. The van der Waals surface area contributed by atoms with Crippen LogP contribution in [0.15, 0.2) is 41.8 Å². The van der Waals surface area contributed by atoms with Crippen molar-refractivity contribution in [2.45, 2.75) is 32.9 Å². The van der Waals surface area contributed by atoms with E-state index in [2.05, 4.69) is 68.8 Å². The van der Waals surface area contributed by atoms with Gasteiger partial charge in [0.25, 0.3) is 0 Å². The number of methoxy groups -OCH3 is 1. The number of aromatic nitrogens is 4. The molecule has 8 heteroatoms. The zero-order valence-corrected chi connectivity index (χ0v) is 18.8. The summed E-state index contributed by atoms with van der Waals surface area (Å²) < 4.78 is 7.54. The SMILES string of the molecule is COc1ccccc1N1CCN(C(CC(C)C)c2nnnn2Cc2cccs2)CC1. The van der Waals surface area contributed by atoms with Gasteiger partial charge in [0.05, 0.1) is 25.4 Å². The molecule has 0 saturated carbocycles. The highest BCUT2D eigenvalue weighted by Crippen LogP contribution is 2.32. The Bertz CT molecular complexity index is 917. The Kier molecular flexibility index (Phi) is 6.64. The van der Waals surface area contributed by atoms with E-state index in [1.54, 1.807) is 18.4 Å². The molecular formula is C22H30N6OS. The van der Waals surface area contributed by atoms with E-state index < -0.39 is 0 Å². The maximum Gasteiger partial charge on any atom is 0.168 e. The number of nitrogens with zero attached hydrogens (tertiary/aromatic N) is 6. The number of anilines is 1. The fourth-order valence-corrected chi connectivity index (χ4v) is 4.83. The molecule has 0 N–H and O–H groups in total. The number of benzene rings is 1. The van der Waals surface area contributed by atoms with Gasteiger partial charge in [-0.3, -0.25) is 4.90 Å². The lowest BCUT2D eigenvalue weighted by Crippen LogP contribution is -2.48. The first-order valence-corrected chi connectivity index (χ1v) is 11.4. The largest absolute Gasteiger partial charge is 0.495 e. The van der Waals surface area contributed by atoms with Crippen molar-refractivity contribution >= 4 is 17.0 Å². The van der Waals surface area contributed by atoms with Gasteiger partial charge in [0.15, 0.2) is 5.82 Å². The van der Waals surface area contributed by atoms with Gasteiger partial charge in [0.2, 0.25) is 0 Å². The molecule has 1 fully saturated rings. The van der Waals surface area contributed by atoms with E-state index in [-0.39, 0.29) is 6.04 Å². The Morgan fingerprint density at radius 1 is 1.07 bits per heavy atom. The third kappa shape index (κ3) is 4.65. The van der Waals surface area contributed by atoms with Crippen LogP contribution in [0.5, 0.6) is 5.75 Å². The van der Waals surface area contributed by atoms with E-state index in [0.717, 1.165) is 50.7 Å². The van der Waals surface area contributed by atoms with Crippen LogP contribution in [0.1, 0.15) is 37.0 Å². The minimum atomic E-state index is 0.222. The summed E-state index contributed by atoms with van der Waals surface area (Å²) in [6.45, 7) is 9.14. The predicted octanol–water partition coefficient (Wildman–Crippen LogP) is 3.70. The predicted molar refractivity (Wildman–Crippen MR) is 120 cm³/mol. The highest BCUT2D eigenvalue weighted by molar-refractivity contribution is 7.09. The van der Waals surface area contributed by atoms with E-state index in [0.29, 0.717) is 5.92 Å². The maximum absolute atomic E-state index is 5.57. The van der Waals surface area contributed by atoms with Crippen molar-refractivity contribution in [2.24, 2.45) is 5.92 Å². The number of hydrogen-bond donors (Lipinski definition) is 0. The van der Waals surface area contributed by atoms with E-state index >= 15 is 0 Å². The van der Waals surface area contributed by atoms with E-state index in [9.17, 15) is 0 Å². The zero-order valence-electron chi connectivity index (χ0n) is 17.9. The molecule has 7 nitrogen and oxygen atoms in total. The van der Waals surface area contributed by atoms with E-state index in [4.69, 9.17) is 4.74 Å². The summed E-state index contributed by atoms with van der Waals surface area (Å²) in [5, 5.41) is 14.9. The molecule has 1 aromatic carbocycles. The summed E-state index contributed by atoms with van der Waals surface area (Å²) in [5.74, 6) is 2.47. The van der Waals surface area contributed by atoms with Crippen molar-refractivity contribution in [3.05, 3.63) is 52.5 Å². The fraction of sp³-hybridized carbons (Fsp3) is 0.500. The molecule has 30 heavy (non-hydrogen) atoms. The highest BCUT2D eigenvalue weighted by Gasteiger charge is 2.30. The van der Waals surface area contributed by atoms with Gasteiger partial charge in [-0.2, -0.15) is 0 Å². The zero-order chi connectivity index (χ0) is 20.9. The molecule has 0 amide bonds. The Balaban J connectivity index is 1.50. The Morgan fingerprint density at radius 3 is 2.57 bits per heavy atom. The van der Waals surface area contributed by atoms with Crippen molar-refractivity contribution in [2.75, 3.05) is 38.2 Å². The molecule has 3 heterocycles. The molecule has 160 valence electrons. The molecule has 1 aliphatic heterocycles. The Morgan fingerprint density at radius 2 is 1.87 bits per heavy atom. The van der Waals surface area contributed by atoms with Crippen molar-refractivity contribution in [3.8, 4) is 5.75 Å². The quantitative estimate of drug-likeness (QED) is 0.547. The first-order valence-electron chi connectivity index (χ1n) is 10.6. The number of thiophene rings is 1. The van der Waals surface area contributed by atoms with Crippen LogP contribution >= 0.6 is 11.3 Å². The minimum absolute atomic E-state index is 0.222. The minimum Gasteiger partial charge on any atom is -0.495 e. The molecular weight excluding hydrogens is 396 g/mol. The normalized spacial score (nSPS) is 16.2. The Hall–Kier alpha value is -2.45. The van der Waals surface area contributed by atoms with Crippen molar-refractivity contribution in [1.29, 1.82) is 0 Å². The summed E-state index contributed by atoms with van der Waals surface area (Å²) >= 11 is 1.74. The summed E-state index contributed by atoms with van der Waals surface area (Å²) in [5.41, 5.74) is 1.17. The second-order valence-electron chi connectivity index (χ2n) is 8.11. The summed E-state index contributed by atoms with van der Waals surface area (Å²) in [4.78, 5) is 6.23. The molecule has 4 rings (SSSR count). The van der Waals surface area contributed by atoms with Gasteiger partial charge in [-0.25, -0.2) is 4.68 Å². The molecule has 0 radical (unpaired) electrons. The molecule has 3 aromatic rings. The molecule has 1 unspecified atom stereocenters. The average Bonchev–Trinajstić information content (AvgIpc) is 3.45. The summed E-state index contributed by atoms with van der Waals surface area (Å²) in [6.07, 6.45) is 1.04. The smallest absolute Gasteiger partial charge is 0.168 e. The van der Waals surface area contributed by atoms with Crippen LogP contribution in [0.3, 0.4) is 0 Å². The van der Waals surface area contributed by atoms with E-state index in [1.807, 2.05) is 16.8 Å². The van der Waals surface area contributed by atoms with Crippen molar-refractivity contribution in [3.63, 3.8) is 0 Å². The number of ether oxygens (including phenoxy) is 1. The van der Waals surface area contributed by atoms with Gasteiger partial charge in [0, 0.05) is 31.1 Å². The van der Waals surface area contributed by atoms with Crippen LogP contribution in [0.25, 0.3) is 0 Å². The van der Waals surface area contributed by atoms with Crippen molar-refractivity contribution in [1.82, 2.24) is 25.1 Å². The van der Waals surface area contributed by atoms with Crippen LogP contribution < -0.4 is 9.64 Å². The third-order valence-electron chi connectivity index (χ3n) is 5.62. The monoisotopic (exact) mass is 426 g/mol. The van der Waals surface area contributed by atoms with Gasteiger partial charge >= 0.3 is 0 Å². The molecule has 0 bridgehead atoms. The lowest BCUT2D eigenvalue weighted by Gasteiger charge is -2.40. The van der Waals surface area contributed by atoms with Gasteiger partial charge < -0.3 is 9.64 Å². The number of rotatable bonds is 8. The van der Waals surface area contributed by atoms with Crippen LogP contribution in [0.2, 0.25) is 0 Å². The van der Waals surface area contributed by atoms with E-state index in [1.165, 1.54) is 10.6 Å². The van der Waals surface area contributed by atoms with Gasteiger partial charge in [-0.15, -0.1) is 16.4 Å². The number of hydrogen-bond acceptors (Lipinski definition) is 7. The second-order valence-corrected chi connectivity index (χ2v) is 9.15. The maximum atomic E-state index is 5.57. The standard InChI is InChI=1S/C22H30N6OS/c1-17(2)15-20(22-23-24-25-28(22)16-18-7-6-14-30-18)27-12-10-26(11-13-27)19-8-4-5-9-21(19)29-3/h4-9,14,17,20H,10-13,15-16H2,1-3H3. The van der Waals surface area contributed by atoms with Gasteiger partial charge in [-0.05, 0) is 46.3 Å². The second kappa shape index (κ2) is 9.57. The number of tetrazole rings is 1. The topological polar surface area (TPSA) is 59.3 Å². The molecule has 2 aromatic heterocycles. The molecule has 0 aliphatic carbocycles. The number of piperazine rings is 1. The van der Waals surface area contributed by atoms with Crippen LogP contribution in [0.4, 0.5) is 5.69 Å². The molecule has 1 saturated heterocycles. The van der Waals surface area contributed by atoms with Gasteiger partial charge in [0.1, 0.15) is 5.75 Å². The van der Waals surface area contributed by atoms with Crippen molar-refractivity contribution < 1.29 is 4.74 Å². The Labute approximate surface area is 182 Å². The molecule has 1 aliphatic rings. The van der Waals surface area contributed by atoms with Gasteiger partial charge in [-0.1, -0.05) is 32.0 Å². The fourth-order valence-electron chi connectivity index (χ4n) is 4.14. The first kappa shape index (κ1) is 20.8. The lowest BCUT2D eigenvalue weighted by molar-refractivity contribution is 0.153. The highest BCUT2D eigenvalue weighted by atomic mass is 32.1.